The molecule has 0 spiro atoms. The standard InChI is InChI=1S/C14H17NO3/c1-10-11-6-3-4-7-12(11)18-13(10)14(16)15-8-5-9-17-2/h3-4,6-7H,5,8-9H2,1-2H3,(H,15,16). The average molecular weight is 247 g/mol. The second-order valence-corrected chi connectivity index (χ2v) is 4.15. The molecule has 4 heteroatoms. The normalized spacial score (nSPS) is 10.8. The Labute approximate surface area is 106 Å². The molecule has 2 rings (SSSR count). The second kappa shape index (κ2) is 5.69. The van der Waals surface area contributed by atoms with E-state index < -0.39 is 0 Å². The van der Waals surface area contributed by atoms with Crippen molar-refractivity contribution in [2.45, 2.75) is 13.3 Å². The molecule has 0 fully saturated rings. The van der Waals surface area contributed by atoms with E-state index in [0.29, 0.717) is 18.9 Å². The first-order chi connectivity index (χ1) is 8.74. The zero-order valence-corrected chi connectivity index (χ0v) is 10.7. The van der Waals surface area contributed by atoms with Crippen molar-refractivity contribution < 1.29 is 13.9 Å². The number of rotatable bonds is 5. The highest BCUT2D eigenvalue weighted by Gasteiger charge is 2.16. The smallest absolute Gasteiger partial charge is 0.287 e. The largest absolute Gasteiger partial charge is 0.451 e. The maximum absolute atomic E-state index is 12.0. The lowest BCUT2D eigenvalue weighted by molar-refractivity contribution is 0.0922. The molecule has 18 heavy (non-hydrogen) atoms. The van der Waals surface area contributed by atoms with Crippen molar-refractivity contribution in [3.8, 4) is 0 Å². The van der Waals surface area contributed by atoms with Crippen molar-refractivity contribution in [1.82, 2.24) is 5.32 Å². The highest BCUT2D eigenvalue weighted by atomic mass is 16.5. The quantitative estimate of drug-likeness (QED) is 0.826. The summed E-state index contributed by atoms with van der Waals surface area (Å²) >= 11 is 0. The van der Waals surface area contributed by atoms with E-state index in [-0.39, 0.29) is 5.91 Å². The molecule has 4 nitrogen and oxygen atoms in total. The number of hydrogen-bond acceptors (Lipinski definition) is 3. The molecule has 1 aromatic heterocycles. The first-order valence-electron chi connectivity index (χ1n) is 5.99. The second-order valence-electron chi connectivity index (χ2n) is 4.15. The highest BCUT2D eigenvalue weighted by molar-refractivity contribution is 5.98. The summed E-state index contributed by atoms with van der Waals surface area (Å²) in [7, 11) is 1.64. The van der Waals surface area contributed by atoms with Crippen LogP contribution in [0.1, 0.15) is 22.5 Å². The number of carbonyl (C=O) groups excluding carboxylic acids is 1. The number of amides is 1. The van der Waals surface area contributed by atoms with Crippen LogP contribution in [0.2, 0.25) is 0 Å². The molecule has 1 aromatic carbocycles. The van der Waals surface area contributed by atoms with Gasteiger partial charge in [0.25, 0.3) is 5.91 Å². The first kappa shape index (κ1) is 12.6. The van der Waals surface area contributed by atoms with Gasteiger partial charge in [-0.05, 0) is 19.4 Å². The van der Waals surface area contributed by atoms with Crippen molar-refractivity contribution in [1.29, 1.82) is 0 Å². The molecule has 0 aliphatic rings. The minimum absolute atomic E-state index is 0.167. The Kier molecular flexibility index (Phi) is 3.99. The summed E-state index contributed by atoms with van der Waals surface area (Å²) in [5, 5.41) is 3.81. The fourth-order valence-corrected chi connectivity index (χ4v) is 1.89. The first-order valence-corrected chi connectivity index (χ1v) is 5.99. The van der Waals surface area contributed by atoms with E-state index in [9.17, 15) is 4.79 Å². The Morgan fingerprint density at radius 1 is 1.39 bits per heavy atom. The zero-order chi connectivity index (χ0) is 13.0. The van der Waals surface area contributed by atoms with Gasteiger partial charge in [-0.15, -0.1) is 0 Å². The lowest BCUT2D eigenvalue weighted by Crippen LogP contribution is -2.25. The summed E-state index contributed by atoms with van der Waals surface area (Å²) in [6.45, 7) is 3.12. The van der Waals surface area contributed by atoms with Crippen molar-refractivity contribution in [2.24, 2.45) is 0 Å². The summed E-state index contributed by atoms with van der Waals surface area (Å²) in [6, 6.07) is 7.65. The van der Waals surface area contributed by atoms with Crippen LogP contribution < -0.4 is 5.32 Å². The van der Waals surface area contributed by atoms with Crippen LogP contribution in [0.5, 0.6) is 0 Å². The predicted molar refractivity (Wildman–Crippen MR) is 69.8 cm³/mol. The zero-order valence-electron chi connectivity index (χ0n) is 10.7. The van der Waals surface area contributed by atoms with Crippen LogP contribution in [0.4, 0.5) is 0 Å². The topological polar surface area (TPSA) is 51.5 Å². The number of para-hydroxylation sites is 1. The van der Waals surface area contributed by atoms with Crippen LogP contribution in [0.25, 0.3) is 11.0 Å². The number of ether oxygens (including phenoxy) is 1. The van der Waals surface area contributed by atoms with E-state index in [0.717, 1.165) is 23.0 Å². The summed E-state index contributed by atoms with van der Waals surface area (Å²) in [6.07, 6.45) is 0.793. The Morgan fingerprint density at radius 2 is 2.17 bits per heavy atom. The lowest BCUT2D eigenvalue weighted by atomic mass is 10.1. The molecule has 1 N–H and O–H groups in total. The fourth-order valence-electron chi connectivity index (χ4n) is 1.89. The Hall–Kier alpha value is -1.81. The molecule has 0 saturated carbocycles. The van der Waals surface area contributed by atoms with E-state index >= 15 is 0 Å². The minimum Gasteiger partial charge on any atom is -0.451 e. The highest BCUT2D eigenvalue weighted by Crippen LogP contribution is 2.24. The molecular weight excluding hydrogens is 230 g/mol. The number of methoxy groups -OCH3 is 1. The molecular formula is C14H17NO3. The van der Waals surface area contributed by atoms with E-state index in [1.807, 2.05) is 31.2 Å². The predicted octanol–water partition coefficient (Wildman–Crippen LogP) is 2.51. The number of nitrogens with one attached hydrogen (secondary N) is 1. The molecule has 2 aromatic rings. The molecule has 0 radical (unpaired) electrons. The number of fused-ring (bicyclic) bond motifs is 1. The van der Waals surface area contributed by atoms with E-state index in [1.165, 1.54) is 0 Å². The third kappa shape index (κ3) is 2.54. The van der Waals surface area contributed by atoms with Gasteiger partial charge in [0, 0.05) is 31.2 Å². The number of carbonyl (C=O) groups is 1. The van der Waals surface area contributed by atoms with Gasteiger partial charge < -0.3 is 14.5 Å². The molecule has 1 heterocycles. The Bertz CT molecular complexity index is 545. The van der Waals surface area contributed by atoms with Crippen LogP contribution in [0.15, 0.2) is 28.7 Å². The Balaban J connectivity index is 2.10. The van der Waals surface area contributed by atoms with Crippen molar-refractivity contribution in [3.63, 3.8) is 0 Å². The maximum Gasteiger partial charge on any atom is 0.287 e. The van der Waals surface area contributed by atoms with E-state index in [2.05, 4.69) is 5.32 Å². The number of hydrogen-bond donors (Lipinski definition) is 1. The van der Waals surface area contributed by atoms with Crippen molar-refractivity contribution in [2.75, 3.05) is 20.3 Å². The summed E-state index contributed by atoms with van der Waals surface area (Å²) in [5.74, 6) is 0.230. The van der Waals surface area contributed by atoms with Crippen LogP contribution in [-0.4, -0.2) is 26.2 Å². The van der Waals surface area contributed by atoms with Crippen LogP contribution >= 0.6 is 0 Å². The molecule has 0 aliphatic heterocycles. The van der Waals surface area contributed by atoms with Gasteiger partial charge in [-0.1, -0.05) is 18.2 Å². The van der Waals surface area contributed by atoms with Gasteiger partial charge in [0.2, 0.25) is 0 Å². The molecule has 0 aliphatic carbocycles. The van der Waals surface area contributed by atoms with Gasteiger partial charge in [-0.25, -0.2) is 0 Å². The third-order valence-corrected chi connectivity index (χ3v) is 2.86. The van der Waals surface area contributed by atoms with E-state index in [1.54, 1.807) is 7.11 Å². The van der Waals surface area contributed by atoms with Gasteiger partial charge in [0.15, 0.2) is 5.76 Å². The third-order valence-electron chi connectivity index (χ3n) is 2.86. The van der Waals surface area contributed by atoms with Crippen LogP contribution in [0, 0.1) is 6.92 Å². The number of benzene rings is 1. The van der Waals surface area contributed by atoms with Gasteiger partial charge in [0.1, 0.15) is 5.58 Å². The monoisotopic (exact) mass is 247 g/mol. The molecule has 0 saturated heterocycles. The number of aryl methyl sites for hydroxylation is 1. The van der Waals surface area contributed by atoms with Gasteiger partial charge in [-0.3, -0.25) is 4.79 Å². The average Bonchev–Trinajstić information content (AvgIpc) is 2.73. The molecule has 1 amide bonds. The van der Waals surface area contributed by atoms with Crippen LogP contribution in [-0.2, 0) is 4.74 Å². The molecule has 96 valence electrons. The Morgan fingerprint density at radius 3 is 2.89 bits per heavy atom. The summed E-state index contributed by atoms with van der Waals surface area (Å²) in [4.78, 5) is 12.0. The summed E-state index contributed by atoms with van der Waals surface area (Å²) < 4.78 is 10.5. The SMILES string of the molecule is COCCCNC(=O)c1oc2ccccc2c1C. The van der Waals surface area contributed by atoms with E-state index in [4.69, 9.17) is 9.15 Å². The van der Waals surface area contributed by atoms with Crippen molar-refractivity contribution in [3.05, 3.63) is 35.6 Å². The lowest BCUT2D eigenvalue weighted by Gasteiger charge is -2.02. The van der Waals surface area contributed by atoms with Crippen molar-refractivity contribution >= 4 is 16.9 Å². The molecule has 0 unspecified atom stereocenters. The van der Waals surface area contributed by atoms with Crippen LogP contribution in [0.3, 0.4) is 0 Å². The summed E-state index contributed by atoms with van der Waals surface area (Å²) in [5.41, 5.74) is 1.63. The fraction of sp³-hybridized carbons (Fsp3) is 0.357. The van der Waals surface area contributed by atoms with Gasteiger partial charge in [-0.2, -0.15) is 0 Å². The molecule has 0 bridgehead atoms. The maximum atomic E-state index is 12.0. The van der Waals surface area contributed by atoms with Gasteiger partial charge in [0.05, 0.1) is 0 Å². The van der Waals surface area contributed by atoms with Gasteiger partial charge >= 0.3 is 0 Å². The number of furan rings is 1. The minimum atomic E-state index is -0.167. The molecule has 0 atom stereocenters.